The number of ether oxygens (including phenoxy) is 1. The third kappa shape index (κ3) is 3.57. The number of aromatic nitrogens is 2. The Bertz CT molecular complexity index is 221. The predicted octanol–water partition coefficient (Wildman–Crippen LogP) is 0.340. The fourth-order valence-electron chi connectivity index (χ4n) is 1.09. The Hall–Kier alpha value is -0.720. The molecule has 0 aliphatic heterocycles. The van der Waals surface area contributed by atoms with Crippen molar-refractivity contribution in [1.29, 1.82) is 0 Å². The van der Waals surface area contributed by atoms with Crippen molar-refractivity contribution in [2.45, 2.75) is 6.42 Å². The van der Waals surface area contributed by atoms with E-state index in [2.05, 4.69) is 14.3 Å². The lowest BCUT2D eigenvalue weighted by Gasteiger charge is -2.20. The molecule has 0 fully saturated rings. The van der Waals surface area contributed by atoms with Crippen molar-refractivity contribution in [2.24, 2.45) is 5.73 Å². The molecule has 80 valence electrons. The molecule has 14 heavy (non-hydrogen) atoms. The average Bonchev–Trinajstić information content (AvgIpc) is 2.71. The summed E-state index contributed by atoms with van der Waals surface area (Å²) in [6.07, 6.45) is 2.53. The van der Waals surface area contributed by atoms with Crippen molar-refractivity contribution < 1.29 is 4.74 Å². The molecule has 0 aliphatic rings. The molecule has 1 rings (SSSR count). The maximum Gasteiger partial charge on any atom is 0.204 e. The maximum atomic E-state index is 5.47. The van der Waals surface area contributed by atoms with Gasteiger partial charge in [0.25, 0.3) is 0 Å². The minimum absolute atomic E-state index is 0.697. The Morgan fingerprint density at radius 2 is 2.43 bits per heavy atom. The normalized spacial score (nSPS) is 10.4. The Kier molecular flexibility index (Phi) is 5.43. The first-order valence-electron chi connectivity index (χ1n) is 4.59. The van der Waals surface area contributed by atoms with E-state index in [1.54, 1.807) is 13.4 Å². The van der Waals surface area contributed by atoms with Crippen LogP contribution in [0.3, 0.4) is 0 Å². The van der Waals surface area contributed by atoms with Gasteiger partial charge < -0.3 is 15.4 Å². The highest BCUT2D eigenvalue weighted by Gasteiger charge is 2.08. The molecule has 1 heterocycles. The van der Waals surface area contributed by atoms with Gasteiger partial charge in [0.15, 0.2) is 0 Å². The molecule has 0 saturated heterocycles. The Balaban J connectivity index is 2.44. The van der Waals surface area contributed by atoms with Crippen molar-refractivity contribution >= 4 is 16.7 Å². The number of hydrogen-bond donors (Lipinski definition) is 1. The number of methoxy groups -OCH3 is 1. The zero-order chi connectivity index (χ0) is 10.2. The molecule has 0 aromatic carbocycles. The molecule has 0 aliphatic carbocycles. The van der Waals surface area contributed by atoms with Gasteiger partial charge in [-0.05, 0) is 13.0 Å². The molecule has 0 spiro atoms. The third-order valence-corrected chi connectivity index (χ3v) is 2.54. The maximum absolute atomic E-state index is 5.47. The van der Waals surface area contributed by atoms with Crippen molar-refractivity contribution in [3.05, 3.63) is 6.33 Å². The van der Waals surface area contributed by atoms with Crippen LogP contribution in [0.4, 0.5) is 5.13 Å². The van der Waals surface area contributed by atoms with Gasteiger partial charge in [-0.15, -0.1) is 0 Å². The number of rotatable bonds is 7. The van der Waals surface area contributed by atoms with E-state index in [-0.39, 0.29) is 0 Å². The predicted molar refractivity (Wildman–Crippen MR) is 57.7 cm³/mol. The standard InChI is InChI=1S/C8H16N4OS/c1-13-6-5-12(4-2-3-9)8-10-7-11-14-8/h7H,2-6,9H2,1H3. The summed E-state index contributed by atoms with van der Waals surface area (Å²) >= 11 is 1.40. The summed E-state index contributed by atoms with van der Waals surface area (Å²) in [5.74, 6) is 0. The molecule has 0 unspecified atom stereocenters. The third-order valence-electron chi connectivity index (χ3n) is 1.82. The minimum atomic E-state index is 0.697. The zero-order valence-electron chi connectivity index (χ0n) is 8.35. The second kappa shape index (κ2) is 6.69. The smallest absolute Gasteiger partial charge is 0.204 e. The summed E-state index contributed by atoms with van der Waals surface area (Å²) in [6, 6.07) is 0. The van der Waals surface area contributed by atoms with Gasteiger partial charge in [-0.1, -0.05) is 0 Å². The Labute approximate surface area is 88.1 Å². The van der Waals surface area contributed by atoms with Crippen molar-refractivity contribution in [3.63, 3.8) is 0 Å². The Morgan fingerprint density at radius 3 is 3.00 bits per heavy atom. The van der Waals surface area contributed by atoms with Crippen LogP contribution in [-0.2, 0) is 4.74 Å². The van der Waals surface area contributed by atoms with Gasteiger partial charge >= 0.3 is 0 Å². The van der Waals surface area contributed by atoms with Gasteiger partial charge in [0, 0.05) is 31.7 Å². The van der Waals surface area contributed by atoms with Crippen LogP contribution in [0.15, 0.2) is 6.33 Å². The lowest BCUT2D eigenvalue weighted by atomic mass is 10.4. The average molecular weight is 216 g/mol. The highest BCUT2D eigenvalue weighted by Crippen LogP contribution is 2.14. The van der Waals surface area contributed by atoms with E-state index < -0.39 is 0 Å². The first-order valence-corrected chi connectivity index (χ1v) is 5.36. The van der Waals surface area contributed by atoms with Crippen LogP contribution in [0.5, 0.6) is 0 Å². The van der Waals surface area contributed by atoms with Crippen LogP contribution in [-0.4, -0.2) is 42.7 Å². The van der Waals surface area contributed by atoms with Gasteiger partial charge in [0.05, 0.1) is 6.61 Å². The monoisotopic (exact) mass is 216 g/mol. The molecule has 6 heteroatoms. The van der Waals surface area contributed by atoms with E-state index in [1.165, 1.54) is 11.5 Å². The van der Waals surface area contributed by atoms with Gasteiger partial charge in [-0.2, -0.15) is 4.37 Å². The first kappa shape index (κ1) is 11.4. The second-order valence-corrected chi connectivity index (χ2v) is 3.60. The van der Waals surface area contributed by atoms with Gasteiger partial charge in [-0.25, -0.2) is 4.98 Å². The minimum Gasteiger partial charge on any atom is -0.383 e. The van der Waals surface area contributed by atoms with E-state index in [9.17, 15) is 0 Å². The van der Waals surface area contributed by atoms with Crippen LogP contribution >= 0.6 is 11.5 Å². The topological polar surface area (TPSA) is 64.3 Å². The zero-order valence-corrected chi connectivity index (χ0v) is 9.16. The van der Waals surface area contributed by atoms with Crippen LogP contribution in [0.2, 0.25) is 0 Å². The summed E-state index contributed by atoms with van der Waals surface area (Å²) in [4.78, 5) is 6.31. The molecule has 0 bridgehead atoms. The summed E-state index contributed by atoms with van der Waals surface area (Å²) in [6.45, 7) is 3.15. The van der Waals surface area contributed by atoms with Gasteiger partial charge in [0.2, 0.25) is 5.13 Å². The van der Waals surface area contributed by atoms with E-state index >= 15 is 0 Å². The SMILES string of the molecule is COCCN(CCCN)c1ncns1. The molecule has 1 aromatic heterocycles. The summed E-state index contributed by atoms with van der Waals surface area (Å²) in [5, 5.41) is 0.940. The first-order chi connectivity index (χ1) is 6.88. The molecule has 0 saturated carbocycles. The quantitative estimate of drug-likeness (QED) is 0.712. The van der Waals surface area contributed by atoms with Crippen molar-refractivity contribution in [1.82, 2.24) is 9.36 Å². The fourth-order valence-corrected chi connectivity index (χ4v) is 1.67. The molecule has 0 atom stereocenters. The van der Waals surface area contributed by atoms with E-state index in [4.69, 9.17) is 10.5 Å². The van der Waals surface area contributed by atoms with Crippen LogP contribution in [0.25, 0.3) is 0 Å². The molecule has 1 aromatic rings. The highest BCUT2D eigenvalue weighted by atomic mass is 32.1. The lowest BCUT2D eigenvalue weighted by Crippen LogP contribution is -2.29. The van der Waals surface area contributed by atoms with E-state index in [0.29, 0.717) is 13.2 Å². The number of hydrogen-bond acceptors (Lipinski definition) is 6. The van der Waals surface area contributed by atoms with Crippen LogP contribution < -0.4 is 10.6 Å². The molecule has 5 nitrogen and oxygen atoms in total. The summed E-state index contributed by atoms with van der Waals surface area (Å²) in [7, 11) is 1.70. The number of nitrogens with zero attached hydrogens (tertiary/aromatic N) is 3. The van der Waals surface area contributed by atoms with E-state index in [1.807, 2.05) is 0 Å². The Morgan fingerprint density at radius 1 is 1.57 bits per heavy atom. The fraction of sp³-hybridized carbons (Fsp3) is 0.750. The molecular weight excluding hydrogens is 200 g/mol. The molecule has 0 amide bonds. The molecule has 2 N–H and O–H groups in total. The van der Waals surface area contributed by atoms with Crippen molar-refractivity contribution in [2.75, 3.05) is 38.3 Å². The summed E-state index contributed by atoms with van der Waals surface area (Å²) in [5.41, 5.74) is 5.47. The number of anilines is 1. The summed E-state index contributed by atoms with van der Waals surface area (Å²) < 4.78 is 9.01. The van der Waals surface area contributed by atoms with Crippen LogP contribution in [0, 0.1) is 0 Å². The second-order valence-electron chi connectivity index (χ2n) is 2.85. The van der Waals surface area contributed by atoms with Gasteiger partial charge in [0.1, 0.15) is 6.33 Å². The molecule has 0 radical (unpaired) electrons. The van der Waals surface area contributed by atoms with Crippen molar-refractivity contribution in [3.8, 4) is 0 Å². The van der Waals surface area contributed by atoms with E-state index in [0.717, 1.165) is 24.6 Å². The van der Waals surface area contributed by atoms with Crippen LogP contribution in [0.1, 0.15) is 6.42 Å². The number of nitrogens with two attached hydrogens (primary N) is 1. The molecular formula is C8H16N4OS. The highest BCUT2D eigenvalue weighted by molar-refractivity contribution is 7.09. The largest absolute Gasteiger partial charge is 0.383 e. The van der Waals surface area contributed by atoms with Gasteiger partial charge in [-0.3, -0.25) is 0 Å². The lowest BCUT2D eigenvalue weighted by molar-refractivity contribution is 0.205.